The number of fused-ring (bicyclic) bond motifs is 2. The summed E-state index contributed by atoms with van der Waals surface area (Å²) in [5.41, 5.74) is -0.340. The molecule has 2 aromatic carbocycles. The molecule has 0 aliphatic carbocycles. The Balaban J connectivity index is 1.78. The van der Waals surface area contributed by atoms with Crippen molar-refractivity contribution in [1.29, 1.82) is 0 Å². The first-order valence-electron chi connectivity index (χ1n) is 10.8. The molecule has 33 heavy (non-hydrogen) atoms. The molecule has 1 saturated heterocycles. The largest absolute Gasteiger partial charge is 0.477 e. The predicted octanol–water partition coefficient (Wildman–Crippen LogP) is 3.56. The quantitative estimate of drug-likeness (QED) is 0.500. The summed E-state index contributed by atoms with van der Waals surface area (Å²) in [5, 5.41) is 14.9. The molecular formula is C25H23FN4O3. The number of pyridine rings is 2. The molecule has 0 unspecified atom stereocenters. The van der Waals surface area contributed by atoms with Gasteiger partial charge in [-0.3, -0.25) is 4.79 Å². The smallest absolute Gasteiger partial charge is 0.341 e. The topological polar surface area (TPSA) is 87.5 Å². The van der Waals surface area contributed by atoms with Crippen molar-refractivity contribution in [2.75, 3.05) is 18.0 Å². The number of halogens is 1. The summed E-state index contributed by atoms with van der Waals surface area (Å²) >= 11 is 0. The van der Waals surface area contributed by atoms with Gasteiger partial charge in [-0.05, 0) is 42.8 Å². The first-order valence-corrected chi connectivity index (χ1v) is 10.8. The molecule has 0 bridgehead atoms. The number of rotatable bonds is 3. The number of piperazine rings is 1. The maximum Gasteiger partial charge on any atom is 0.341 e. The van der Waals surface area contributed by atoms with Gasteiger partial charge in [-0.1, -0.05) is 30.3 Å². The van der Waals surface area contributed by atoms with Crippen LogP contribution in [0, 0.1) is 5.82 Å². The van der Waals surface area contributed by atoms with E-state index in [1.807, 2.05) is 61.2 Å². The number of nitrogens with zero attached hydrogens (tertiary/aromatic N) is 3. The summed E-state index contributed by atoms with van der Waals surface area (Å²) in [4.78, 5) is 31.1. The lowest BCUT2D eigenvalue weighted by Crippen LogP contribution is -2.54. The lowest BCUT2D eigenvalue weighted by molar-refractivity contribution is 0.0695. The highest BCUT2D eigenvalue weighted by atomic mass is 19.1. The van der Waals surface area contributed by atoms with Gasteiger partial charge in [0.25, 0.3) is 0 Å². The van der Waals surface area contributed by atoms with E-state index in [0.29, 0.717) is 18.8 Å². The molecule has 0 saturated carbocycles. The van der Waals surface area contributed by atoms with Crippen molar-refractivity contribution in [2.24, 2.45) is 0 Å². The fourth-order valence-electron chi connectivity index (χ4n) is 4.61. The third kappa shape index (κ3) is 3.72. The van der Waals surface area contributed by atoms with Crippen LogP contribution in [0.4, 0.5) is 10.2 Å². The summed E-state index contributed by atoms with van der Waals surface area (Å²) in [6.07, 6.45) is 1.27. The van der Waals surface area contributed by atoms with Crippen LogP contribution in [0.1, 0.15) is 24.2 Å². The van der Waals surface area contributed by atoms with Crippen LogP contribution in [-0.2, 0) is 0 Å². The minimum absolute atomic E-state index is 0.0689. The molecule has 0 radical (unpaired) electrons. The van der Waals surface area contributed by atoms with Crippen LogP contribution in [0.25, 0.3) is 27.5 Å². The Labute approximate surface area is 189 Å². The second-order valence-corrected chi connectivity index (χ2v) is 8.62. The van der Waals surface area contributed by atoms with E-state index in [9.17, 15) is 14.7 Å². The number of hydrogen-bond donors (Lipinski definition) is 2. The van der Waals surface area contributed by atoms with E-state index < -0.39 is 22.8 Å². The van der Waals surface area contributed by atoms with Gasteiger partial charge >= 0.3 is 5.97 Å². The summed E-state index contributed by atoms with van der Waals surface area (Å²) in [7, 11) is 0. The highest BCUT2D eigenvalue weighted by Crippen LogP contribution is 2.26. The average Bonchev–Trinajstić information content (AvgIpc) is 2.78. The van der Waals surface area contributed by atoms with Crippen molar-refractivity contribution in [1.82, 2.24) is 14.9 Å². The van der Waals surface area contributed by atoms with Crippen LogP contribution in [-0.4, -0.2) is 45.8 Å². The van der Waals surface area contributed by atoms with E-state index in [4.69, 9.17) is 0 Å². The van der Waals surface area contributed by atoms with E-state index in [1.54, 1.807) is 4.57 Å². The predicted molar refractivity (Wildman–Crippen MR) is 126 cm³/mol. The number of hydrogen-bond acceptors (Lipinski definition) is 5. The monoisotopic (exact) mass is 446 g/mol. The number of aromatic nitrogens is 2. The molecule has 0 amide bonds. The molecule has 3 heterocycles. The molecule has 7 nitrogen and oxygen atoms in total. The standard InChI is InChI=1S/C25H23FN4O3/c1-14-11-29(12-15(2)27-14)24-21(26)10-19-22(31)20(25(32)33)13-30(23(19)28-24)18-8-7-16-5-3-4-6-17(16)9-18/h3-10,13-15,27H,11-12H2,1-2H3,(H,32,33)/t14-,15+. The van der Waals surface area contributed by atoms with Crippen molar-refractivity contribution >= 4 is 33.6 Å². The van der Waals surface area contributed by atoms with Gasteiger partial charge in [0.05, 0.1) is 5.39 Å². The molecule has 1 aliphatic rings. The van der Waals surface area contributed by atoms with Gasteiger partial charge in [0.1, 0.15) is 5.56 Å². The van der Waals surface area contributed by atoms with Crippen LogP contribution in [0.5, 0.6) is 0 Å². The Morgan fingerprint density at radius 3 is 2.48 bits per heavy atom. The van der Waals surface area contributed by atoms with Crippen LogP contribution in [0.2, 0.25) is 0 Å². The first kappa shape index (κ1) is 21.1. The van der Waals surface area contributed by atoms with E-state index in [-0.39, 0.29) is 28.9 Å². The summed E-state index contributed by atoms with van der Waals surface area (Å²) in [5.74, 6) is -1.86. The Morgan fingerprint density at radius 2 is 1.79 bits per heavy atom. The van der Waals surface area contributed by atoms with Crippen LogP contribution < -0.4 is 15.6 Å². The molecule has 1 fully saturated rings. The van der Waals surface area contributed by atoms with Crippen LogP contribution >= 0.6 is 0 Å². The zero-order chi connectivity index (χ0) is 23.3. The highest BCUT2D eigenvalue weighted by molar-refractivity contribution is 5.93. The maximum atomic E-state index is 15.2. The number of aromatic carboxylic acids is 1. The summed E-state index contributed by atoms with van der Waals surface area (Å²) in [6, 6.07) is 14.8. The second kappa shape index (κ2) is 7.97. The fraction of sp³-hybridized carbons (Fsp3) is 0.240. The maximum absolute atomic E-state index is 15.2. The molecule has 5 rings (SSSR count). The molecule has 0 spiro atoms. The van der Waals surface area contributed by atoms with Crippen molar-refractivity contribution in [3.8, 4) is 5.69 Å². The van der Waals surface area contributed by atoms with Crippen molar-refractivity contribution < 1.29 is 14.3 Å². The molecule has 2 N–H and O–H groups in total. The van der Waals surface area contributed by atoms with Crippen molar-refractivity contribution in [2.45, 2.75) is 25.9 Å². The molecule has 8 heteroatoms. The summed E-state index contributed by atoms with van der Waals surface area (Å²) in [6.45, 7) is 5.16. The molecule has 168 valence electrons. The zero-order valence-corrected chi connectivity index (χ0v) is 18.2. The van der Waals surface area contributed by atoms with Gasteiger partial charge in [-0.2, -0.15) is 0 Å². The normalized spacial score (nSPS) is 18.7. The van der Waals surface area contributed by atoms with Crippen molar-refractivity contribution in [3.05, 3.63) is 76.3 Å². The number of anilines is 1. The SMILES string of the molecule is C[C@@H]1CN(c2nc3c(cc2F)c(=O)c(C(=O)O)cn3-c2ccc3ccccc3c2)C[C@H](C)N1. The lowest BCUT2D eigenvalue weighted by Gasteiger charge is -2.37. The first-order chi connectivity index (χ1) is 15.8. The number of nitrogens with one attached hydrogen (secondary N) is 1. The van der Waals surface area contributed by atoms with E-state index >= 15 is 4.39 Å². The lowest BCUT2D eigenvalue weighted by atomic mass is 10.1. The Hall–Kier alpha value is -3.78. The molecule has 2 atom stereocenters. The number of carbonyl (C=O) groups is 1. The third-order valence-electron chi connectivity index (χ3n) is 6.01. The average molecular weight is 446 g/mol. The van der Waals surface area contributed by atoms with Gasteiger partial charge < -0.3 is 19.9 Å². The number of benzene rings is 2. The molecular weight excluding hydrogens is 423 g/mol. The van der Waals surface area contributed by atoms with Gasteiger partial charge in [-0.15, -0.1) is 0 Å². The highest BCUT2D eigenvalue weighted by Gasteiger charge is 2.26. The van der Waals surface area contributed by atoms with Crippen LogP contribution in [0.15, 0.2) is 59.5 Å². The van der Waals surface area contributed by atoms with Gasteiger partial charge in [-0.25, -0.2) is 14.2 Å². The molecule has 4 aromatic rings. The van der Waals surface area contributed by atoms with E-state index in [2.05, 4.69) is 10.3 Å². The van der Waals surface area contributed by atoms with E-state index in [0.717, 1.165) is 16.8 Å². The molecule has 2 aromatic heterocycles. The molecule has 1 aliphatic heterocycles. The third-order valence-corrected chi connectivity index (χ3v) is 6.01. The fourth-order valence-corrected chi connectivity index (χ4v) is 4.61. The van der Waals surface area contributed by atoms with Crippen molar-refractivity contribution in [3.63, 3.8) is 0 Å². The number of carboxylic acid groups (broad SMARTS) is 1. The summed E-state index contributed by atoms with van der Waals surface area (Å²) < 4.78 is 16.8. The van der Waals surface area contributed by atoms with Gasteiger partial charge in [0.15, 0.2) is 17.3 Å². The van der Waals surface area contributed by atoms with Gasteiger partial charge in [0, 0.05) is 37.1 Å². The van der Waals surface area contributed by atoms with E-state index in [1.165, 1.54) is 6.20 Å². The second-order valence-electron chi connectivity index (χ2n) is 8.62. The minimum atomic E-state index is -1.37. The zero-order valence-electron chi connectivity index (χ0n) is 18.2. The van der Waals surface area contributed by atoms with Gasteiger partial charge in [0.2, 0.25) is 5.43 Å². The Bertz CT molecular complexity index is 1460. The Morgan fingerprint density at radius 1 is 1.09 bits per heavy atom. The minimum Gasteiger partial charge on any atom is -0.477 e. The Kier molecular flexibility index (Phi) is 5.09. The van der Waals surface area contributed by atoms with Crippen LogP contribution in [0.3, 0.4) is 0 Å². The number of carboxylic acids is 1.